The van der Waals surface area contributed by atoms with Gasteiger partial charge in [-0.05, 0) is 93.2 Å². The van der Waals surface area contributed by atoms with Crippen LogP contribution in [0.2, 0.25) is 0 Å². The van der Waals surface area contributed by atoms with Crippen LogP contribution in [0.25, 0.3) is 0 Å². The number of hydrogen-bond acceptors (Lipinski definition) is 3. The van der Waals surface area contributed by atoms with Crippen molar-refractivity contribution in [1.82, 2.24) is 5.43 Å². The van der Waals surface area contributed by atoms with Gasteiger partial charge in [-0.1, -0.05) is 25.1 Å². The van der Waals surface area contributed by atoms with Gasteiger partial charge in [-0.25, -0.2) is 0 Å². The van der Waals surface area contributed by atoms with E-state index in [1.54, 1.807) is 0 Å². The fraction of sp³-hybridized carbons (Fsp3) is 0.391. The van der Waals surface area contributed by atoms with Crippen molar-refractivity contribution < 1.29 is 0 Å². The van der Waals surface area contributed by atoms with Gasteiger partial charge in [-0.15, -0.1) is 0 Å². The first kappa shape index (κ1) is 20.3. The van der Waals surface area contributed by atoms with Gasteiger partial charge in [0, 0.05) is 23.5 Å². The molecule has 0 saturated carbocycles. The summed E-state index contributed by atoms with van der Waals surface area (Å²) in [6.07, 6.45) is 3.01. The van der Waals surface area contributed by atoms with Gasteiger partial charge < -0.3 is 10.2 Å². The maximum Gasteiger partial charge on any atom is 0.191 e. The Morgan fingerprint density at radius 2 is 2.00 bits per heavy atom. The lowest BCUT2D eigenvalue weighted by Crippen LogP contribution is -2.48. The average molecular weight is 395 g/mol. The molecule has 0 spiro atoms. The highest BCUT2D eigenvalue weighted by Crippen LogP contribution is 2.43. The third kappa shape index (κ3) is 4.36. The highest BCUT2D eigenvalue weighted by molar-refractivity contribution is 7.80. The minimum Gasteiger partial charge on any atom is -0.366 e. The molecule has 0 fully saturated rings. The molecule has 4 nitrogen and oxygen atoms in total. The first-order valence-corrected chi connectivity index (χ1v) is 10.3. The van der Waals surface area contributed by atoms with Crippen molar-refractivity contribution in [3.05, 3.63) is 59.2 Å². The first-order valence-electron chi connectivity index (χ1n) is 9.89. The van der Waals surface area contributed by atoms with E-state index in [2.05, 4.69) is 67.5 Å². The van der Waals surface area contributed by atoms with Crippen molar-refractivity contribution in [2.24, 2.45) is 5.10 Å². The molecule has 2 aromatic rings. The van der Waals surface area contributed by atoms with Crippen LogP contribution in [0.3, 0.4) is 0 Å². The lowest BCUT2D eigenvalue weighted by atomic mass is 9.79. The second kappa shape index (κ2) is 8.31. The number of hydrazone groups is 1. The maximum atomic E-state index is 5.31. The summed E-state index contributed by atoms with van der Waals surface area (Å²) < 4.78 is 0. The van der Waals surface area contributed by atoms with Crippen LogP contribution in [0.15, 0.2) is 47.6 Å². The number of benzene rings is 2. The number of para-hydroxylation sites is 1. The van der Waals surface area contributed by atoms with E-state index in [0.29, 0.717) is 11.0 Å². The molecule has 28 heavy (non-hydrogen) atoms. The smallest absolute Gasteiger partial charge is 0.191 e. The predicted octanol–water partition coefficient (Wildman–Crippen LogP) is 5.43. The van der Waals surface area contributed by atoms with Crippen molar-refractivity contribution in [2.45, 2.75) is 52.5 Å². The number of aryl methyl sites for hydroxylation is 1. The lowest BCUT2D eigenvalue weighted by molar-refractivity contribution is 0.381. The van der Waals surface area contributed by atoms with Crippen LogP contribution in [0.4, 0.5) is 11.4 Å². The number of hydrogen-bond donors (Lipinski definition) is 2. The molecule has 5 heteroatoms. The highest BCUT2D eigenvalue weighted by atomic mass is 32.1. The van der Waals surface area contributed by atoms with Gasteiger partial charge in [-0.2, -0.15) is 5.10 Å². The second-order valence-electron chi connectivity index (χ2n) is 8.12. The van der Waals surface area contributed by atoms with Gasteiger partial charge in [-0.3, -0.25) is 5.43 Å². The largest absolute Gasteiger partial charge is 0.366 e. The van der Waals surface area contributed by atoms with Crippen molar-refractivity contribution >= 4 is 34.9 Å². The zero-order valence-electron chi connectivity index (χ0n) is 17.4. The molecule has 1 aliphatic heterocycles. The molecule has 2 N–H and O–H groups in total. The third-order valence-corrected chi connectivity index (χ3v) is 5.68. The number of rotatable bonds is 4. The summed E-state index contributed by atoms with van der Waals surface area (Å²) in [5.41, 5.74) is 9.13. The standard InChI is InChI=1S/C23H30N4S/c1-6-27-21-12-16(2)18(13-20(21)17(3)14-23(27,4)5)15-24-26-22(28)25-19-10-8-7-9-11-19/h7-13,15,17H,6,14H2,1-5H3,(H2,25,26,28)/b24-15+/t17-/m1/s1. The number of fused-ring (bicyclic) bond motifs is 1. The molecular formula is C23H30N4S. The van der Waals surface area contributed by atoms with Gasteiger partial charge in [0.1, 0.15) is 0 Å². The van der Waals surface area contributed by atoms with Crippen LogP contribution in [-0.2, 0) is 0 Å². The number of thiocarbonyl (C=S) groups is 1. The molecule has 3 rings (SSSR count). The van der Waals surface area contributed by atoms with Gasteiger partial charge >= 0.3 is 0 Å². The summed E-state index contributed by atoms with van der Waals surface area (Å²) in [6, 6.07) is 14.4. The van der Waals surface area contributed by atoms with Crippen molar-refractivity contribution in [2.75, 3.05) is 16.8 Å². The predicted molar refractivity (Wildman–Crippen MR) is 125 cm³/mol. The molecule has 0 bridgehead atoms. The Morgan fingerprint density at radius 1 is 1.29 bits per heavy atom. The Balaban J connectivity index is 1.76. The molecule has 0 amide bonds. The normalized spacial score (nSPS) is 18.0. The SMILES string of the molecule is CCN1c2cc(C)c(/C=N/NC(=S)Nc3ccccc3)cc2[C@H](C)CC1(C)C. The van der Waals surface area contributed by atoms with Crippen LogP contribution in [0.1, 0.15) is 56.7 Å². The molecule has 0 unspecified atom stereocenters. The third-order valence-electron chi connectivity index (χ3n) is 5.49. The monoisotopic (exact) mass is 394 g/mol. The number of nitrogens with one attached hydrogen (secondary N) is 2. The van der Waals surface area contributed by atoms with E-state index in [4.69, 9.17) is 12.2 Å². The van der Waals surface area contributed by atoms with E-state index in [0.717, 1.165) is 24.2 Å². The molecule has 0 saturated heterocycles. The van der Waals surface area contributed by atoms with Gasteiger partial charge in [0.15, 0.2) is 5.11 Å². The van der Waals surface area contributed by atoms with Crippen LogP contribution in [-0.4, -0.2) is 23.4 Å². The number of nitrogens with zero attached hydrogens (tertiary/aromatic N) is 2. The molecule has 0 aliphatic carbocycles. The Kier molecular flexibility index (Phi) is 6.04. The summed E-state index contributed by atoms with van der Waals surface area (Å²) in [5, 5.41) is 7.95. The molecule has 0 aromatic heterocycles. The lowest BCUT2D eigenvalue weighted by Gasteiger charge is -2.47. The average Bonchev–Trinajstić information content (AvgIpc) is 2.63. The van der Waals surface area contributed by atoms with Gasteiger partial charge in [0.2, 0.25) is 0 Å². The topological polar surface area (TPSA) is 39.7 Å². The molecule has 1 aliphatic rings. The fourth-order valence-electron chi connectivity index (χ4n) is 4.23. The summed E-state index contributed by atoms with van der Waals surface area (Å²) in [4.78, 5) is 2.52. The van der Waals surface area contributed by atoms with E-state index in [9.17, 15) is 0 Å². The highest BCUT2D eigenvalue weighted by Gasteiger charge is 2.35. The molecule has 0 radical (unpaired) electrons. The molecular weight excluding hydrogens is 364 g/mol. The quantitative estimate of drug-likeness (QED) is 0.412. The van der Waals surface area contributed by atoms with Crippen molar-refractivity contribution in [3.8, 4) is 0 Å². The zero-order chi connectivity index (χ0) is 20.3. The maximum absolute atomic E-state index is 5.31. The van der Waals surface area contributed by atoms with Gasteiger partial charge in [0.05, 0.1) is 6.21 Å². The van der Waals surface area contributed by atoms with Crippen LogP contribution in [0.5, 0.6) is 0 Å². The Labute approximate surface area is 174 Å². The van der Waals surface area contributed by atoms with Crippen molar-refractivity contribution in [3.63, 3.8) is 0 Å². The second-order valence-corrected chi connectivity index (χ2v) is 8.53. The molecule has 1 atom stereocenters. The first-order chi connectivity index (χ1) is 13.3. The van der Waals surface area contributed by atoms with Crippen LogP contribution < -0.4 is 15.6 Å². The number of anilines is 2. The van der Waals surface area contributed by atoms with E-state index < -0.39 is 0 Å². The molecule has 2 aromatic carbocycles. The summed E-state index contributed by atoms with van der Waals surface area (Å²) in [5.74, 6) is 0.523. The van der Waals surface area contributed by atoms with E-state index in [1.807, 2.05) is 36.5 Å². The summed E-state index contributed by atoms with van der Waals surface area (Å²) in [7, 11) is 0. The van der Waals surface area contributed by atoms with E-state index in [1.165, 1.54) is 16.8 Å². The van der Waals surface area contributed by atoms with E-state index in [-0.39, 0.29) is 5.54 Å². The Hall–Kier alpha value is -2.40. The Morgan fingerprint density at radius 3 is 2.68 bits per heavy atom. The Bertz CT molecular complexity index is 874. The van der Waals surface area contributed by atoms with Crippen molar-refractivity contribution in [1.29, 1.82) is 0 Å². The van der Waals surface area contributed by atoms with E-state index >= 15 is 0 Å². The zero-order valence-corrected chi connectivity index (χ0v) is 18.2. The summed E-state index contributed by atoms with van der Waals surface area (Å²) in [6.45, 7) is 12.4. The fourth-order valence-corrected chi connectivity index (χ4v) is 4.40. The summed E-state index contributed by atoms with van der Waals surface area (Å²) >= 11 is 5.31. The van der Waals surface area contributed by atoms with Crippen LogP contribution in [0, 0.1) is 6.92 Å². The van der Waals surface area contributed by atoms with Gasteiger partial charge in [0.25, 0.3) is 0 Å². The minimum absolute atomic E-state index is 0.181. The molecule has 1 heterocycles. The molecule has 148 valence electrons. The minimum atomic E-state index is 0.181. The van der Waals surface area contributed by atoms with Crippen LogP contribution >= 0.6 is 12.2 Å².